The second kappa shape index (κ2) is 5.55. The molecule has 6 heteroatoms. The van der Waals surface area contributed by atoms with Crippen LogP contribution < -0.4 is 4.90 Å². The SMILES string of the molecule is Cc1cncnc1N1CC2CN(Cc3cnoc3C3CC3)CC2C1. The number of aryl methyl sites for hydroxylation is 1. The van der Waals surface area contributed by atoms with Gasteiger partial charge in [-0.25, -0.2) is 9.97 Å². The fraction of sp³-hybridized carbons (Fsp3) is 0.611. The molecule has 1 aliphatic carbocycles. The van der Waals surface area contributed by atoms with Crippen LogP contribution >= 0.6 is 0 Å². The van der Waals surface area contributed by atoms with Crippen LogP contribution in [0.2, 0.25) is 0 Å². The number of hydrogen-bond acceptors (Lipinski definition) is 6. The van der Waals surface area contributed by atoms with Gasteiger partial charge in [0.1, 0.15) is 17.9 Å². The van der Waals surface area contributed by atoms with E-state index in [9.17, 15) is 0 Å². The summed E-state index contributed by atoms with van der Waals surface area (Å²) < 4.78 is 5.48. The zero-order valence-electron chi connectivity index (χ0n) is 14.1. The summed E-state index contributed by atoms with van der Waals surface area (Å²) in [6.45, 7) is 7.65. The molecule has 0 aromatic carbocycles. The fourth-order valence-corrected chi connectivity index (χ4v) is 4.43. The normalized spacial score (nSPS) is 27.0. The third-order valence-corrected chi connectivity index (χ3v) is 5.75. The van der Waals surface area contributed by atoms with E-state index in [0.29, 0.717) is 5.92 Å². The van der Waals surface area contributed by atoms with Crippen molar-refractivity contribution in [3.05, 3.63) is 35.6 Å². The van der Waals surface area contributed by atoms with Gasteiger partial charge in [0.15, 0.2) is 0 Å². The van der Waals surface area contributed by atoms with Crippen molar-refractivity contribution in [2.75, 3.05) is 31.1 Å². The van der Waals surface area contributed by atoms with Gasteiger partial charge in [-0.1, -0.05) is 5.16 Å². The topological polar surface area (TPSA) is 58.3 Å². The van der Waals surface area contributed by atoms with Crippen molar-refractivity contribution in [1.29, 1.82) is 0 Å². The molecule has 2 aromatic rings. The minimum atomic E-state index is 0.640. The summed E-state index contributed by atoms with van der Waals surface area (Å²) in [4.78, 5) is 13.6. The average molecular weight is 325 g/mol. The molecule has 3 fully saturated rings. The van der Waals surface area contributed by atoms with E-state index < -0.39 is 0 Å². The van der Waals surface area contributed by atoms with Gasteiger partial charge in [-0.05, 0) is 31.6 Å². The molecule has 6 nitrogen and oxygen atoms in total. The number of fused-ring (bicyclic) bond motifs is 1. The summed E-state index contributed by atoms with van der Waals surface area (Å²) >= 11 is 0. The van der Waals surface area contributed by atoms with Gasteiger partial charge in [0.2, 0.25) is 0 Å². The molecule has 0 bridgehead atoms. The van der Waals surface area contributed by atoms with Crippen LogP contribution in [0, 0.1) is 18.8 Å². The Labute approximate surface area is 141 Å². The highest BCUT2D eigenvalue weighted by atomic mass is 16.5. The summed E-state index contributed by atoms with van der Waals surface area (Å²) in [5.41, 5.74) is 2.48. The lowest BCUT2D eigenvalue weighted by atomic mass is 10.0. The van der Waals surface area contributed by atoms with Crippen LogP contribution in [-0.4, -0.2) is 46.2 Å². The van der Waals surface area contributed by atoms with Gasteiger partial charge >= 0.3 is 0 Å². The Kier molecular flexibility index (Phi) is 3.33. The minimum absolute atomic E-state index is 0.640. The number of aromatic nitrogens is 3. The largest absolute Gasteiger partial charge is 0.361 e. The molecule has 0 amide bonds. The molecule has 24 heavy (non-hydrogen) atoms. The average Bonchev–Trinajstić information content (AvgIpc) is 3.00. The van der Waals surface area contributed by atoms with Gasteiger partial charge in [-0.15, -0.1) is 0 Å². The van der Waals surface area contributed by atoms with Crippen molar-refractivity contribution in [1.82, 2.24) is 20.0 Å². The molecule has 2 aliphatic heterocycles. The van der Waals surface area contributed by atoms with E-state index in [2.05, 4.69) is 31.8 Å². The maximum absolute atomic E-state index is 5.48. The highest BCUT2D eigenvalue weighted by Crippen LogP contribution is 2.42. The van der Waals surface area contributed by atoms with Crippen LogP contribution in [0.1, 0.15) is 35.6 Å². The number of likely N-dealkylation sites (tertiary alicyclic amines) is 1. The van der Waals surface area contributed by atoms with E-state index >= 15 is 0 Å². The zero-order valence-corrected chi connectivity index (χ0v) is 14.1. The fourth-order valence-electron chi connectivity index (χ4n) is 4.43. The Bertz CT molecular complexity index is 727. The van der Waals surface area contributed by atoms with Crippen LogP contribution in [0.4, 0.5) is 5.82 Å². The summed E-state index contributed by atoms with van der Waals surface area (Å²) in [6, 6.07) is 0. The maximum Gasteiger partial charge on any atom is 0.144 e. The lowest BCUT2D eigenvalue weighted by Gasteiger charge is -2.23. The van der Waals surface area contributed by atoms with Crippen molar-refractivity contribution in [3.63, 3.8) is 0 Å². The molecule has 2 aromatic heterocycles. The van der Waals surface area contributed by atoms with Gasteiger partial charge in [0.25, 0.3) is 0 Å². The van der Waals surface area contributed by atoms with Crippen LogP contribution in [-0.2, 0) is 6.54 Å². The van der Waals surface area contributed by atoms with Crippen molar-refractivity contribution >= 4 is 5.82 Å². The van der Waals surface area contributed by atoms with Crippen LogP contribution in [0.5, 0.6) is 0 Å². The van der Waals surface area contributed by atoms with Gasteiger partial charge in [0.05, 0.1) is 6.20 Å². The first-order chi connectivity index (χ1) is 11.8. The summed E-state index contributed by atoms with van der Waals surface area (Å²) in [5, 5.41) is 4.03. The standard InChI is InChI=1S/C18H23N5O/c1-12-4-19-11-20-18(12)23-9-15-7-22(8-16(15)10-23)6-14-5-21-24-17(14)13-2-3-13/h4-5,11,13,15-16H,2-3,6-10H2,1H3. The molecule has 0 N–H and O–H groups in total. The van der Waals surface area contributed by atoms with Crippen molar-refractivity contribution in [2.24, 2.45) is 11.8 Å². The van der Waals surface area contributed by atoms with Crippen LogP contribution in [0.15, 0.2) is 23.2 Å². The first-order valence-corrected chi connectivity index (χ1v) is 8.95. The smallest absolute Gasteiger partial charge is 0.144 e. The number of rotatable bonds is 4. The Morgan fingerprint density at radius 2 is 1.92 bits per heavy atom. The molecule has 3 aliphatic rings. The molecule has 0 radical (unpaired) electrons. The molecule has 4 heterocycles. The number of anilines is 1. The summed E-state index contributed by atoms with van der Waals surface area (Å²) in [6.07, 6.45) is 8.03. The Morgan fingerprint density at radius 3 is 2.62 bits per heavy atom. The lowest BCUT2D eigenvalue weighted by molar-refractivity contribution is 0.304. The first-order valence-electron chi connectivity index (χ1n) is 8.95. The van der Waals surface area contributed by atoms with Crippen LogP contribution in [0.3, 0.4) is 0 Å². The monoisotopic (exact) mass is 325 g/mol. The Hall–Kier alpha value is -1.95. The number of hydrogen-bond donors (Lipinski definition) is 0. The van der Waals surface area contributed by atoms with E-state index in [4.69, 9.17) is 4.52 Å². The van der Waals surface area contributed by atoms with Gasteiger partial charge in [0, 0.05) is 56.0 Å². The second-order valence-electron chi connectivity index (χ2n) is 7.64. The highest BCUT2D eigenvalue weighted by molar-refractivity contribution is 5.46. The van der Waals surface area contributed by atoms with Gasteiger partial charge in [-0.2, -0.15) is 0 Å². The van der Waals surface area contributed by atoms with E-state index in [-0.39, 0.29) is 0 Å². The van der Waals surface area contributed by atoms with Gasteiger partial charge < -0.3 is 9.42 Å². The van der Waals surface area contributed by atoms with Crippen LogP contribution in [0.25, 0.3) is 0 Å². The molecular formula is C18H23N5O. The van der Waals surface area contributed by atoms with E-state index in [1.54, 1.807) is 6.33 Å². The van der Waals surface area contributed by atoms with E-state index in [1.165, 1.54) is 37.1 Å². The third-order valence-electron chi connectivity index (χ3n) is 5.75. The Morgan fingerprint density at radius 1 is 1.12 bits per heavy atom. The van der Waals surface area contributed by atoms with Crippen molar-refractivity contribution < 1.29 is 4.52 Å². The van der Waals surface area contributed by atoms with Gasteiger partial charge in [-0.3, -0.25) is 4.90 Å². The summed E-state index contributed by atoms with van der Waals surface area (Å²) in [7, 11) is 0. The lowest BCUT2D eigenvalue weighted by Crippen LogP contribution is -2.29. The van der Waals surface area contributed by atoms with E-state index in [1.807, 2.05) is 12.4 Å². The van der Waals surface area contributed by atoms with Crippen molar-refractivity contribution in [2.45, 2.75) is 32.2 Å². The Balaban J connectivity index is 1.24. The molecule has 2 unspecified atom stereocenters. The van der Waals surface area contributed by atoms with E-state index in [0.717, 1.165) is 43.0 Å². The minimum Gasteiger partial charge on any atom is -0.361 e. The molecular weight excluding hydrogens is 302 g/mol. The molecule has 2 saturated heterocycles. The molecule has 126 valence electrons. The third kappa shape index (κ3) is 2.49. The first kappa shape index (κ1) is 14.4. The second-order valence-corrected chi connectivity index (χ2v) is 7.64. The predicted octanol–water partition coefficient (Wildman–Crippen LogP) is 2.22. The number of nitrogens with zero attached hydrogens (tertiary/aromatic N) is 5. The quantitative estimate of drug-likeness (QED) is 0.859. The maximum atomic E-state index is 5.48. The molecule has 2 atom stereocenters. The highest BCUT2D eigenvalue weighted by Gasteiger charge is 2.41. The molecule has 1 saturated carbocycles. The predicted molar refractivity (Wildman–Crippen MR) is 89.7 cm³/mol. The summed E-state index contributed by atoms with van der Waals surface area (Å²) in [5.74, 6) is 4.37. The zero-order chi connectivity index (χ0) is 16.1. The molecule has 0 spiro atoms. The molecule has 5 rings (SSSR count). The van der Waals surface area contributed by atoms with Crippen molar-refractivity contribution in [3.8, 4) is 0 Å².